The van der Waals surface area contributed by atoms with Crippen LogP contribution in [0.1, 0.15) is 37.7 Å². The van der Waals surface area contributed by atoms with E-state index in [1.165, 1.54) is 17.6 Å². The predicted molar refractivity (Wildman–Crippen MR) is 104 cm³/mol. The van der Waals surface area contributed by atoms with Crippen LogP contribution in [0.15, 0.2) is 46.4 Å². The van der Waals surface area contributed by atoms with Crippen LogP contribution < -0.4 is 16.2 Å². The quantitative estimate of drug-likeness (QED) is 0.572. The van der Waals surface area contributed by atoms with Gasteiger partial charge in [-0.25, -0.2) is 4.98 Å². The lowest BCUT2D eigenvalue weighted by atomic mass is 10.1. The molecule has 0 saturated carbocycles. The molecule has 2 heterocycles. The van der Waals surface area contributed by atoms with Gasteiger partial charge in [0.05, 0.1) is 23.9 Å². The summed E-state index contributed by atoms with van der Waals surface area (Å²) in [7, 11) is 0. The molecule has 0 unspecified atom stereocenters. The van der Waals surface area contributed by atoms with Crippen LogP contribution in [0, 0.1) is 13.8 Å². The van der Waals surface area contributed by atoms with Gasteiger partial charge in [0.1, 0.15) is 5.76 Å². The van der Waals surface area contributed by atoms with Crippen LogP contribution in [0.5, 0.6) is 0 Å². The number of carbonyl (C=O) groups is 3. The number of anilines is 1. The van der Waals surface area contributed by atoms with E-state index in [4.69, 9.17) is 4.42 Å². The molecule has 0 saturated heterocycles. The van der Waals surface area contributed by atoms with Crippen LogP contribution >= 0.6 is 11.3 Å². The van der Waals surface area contributed by atoms with Gasteiger partial charge in [-0.2, -0.15) is 0 Å². The number of nitrogens with one attached hydrogen (secondary N) is 3. The molecule has 3 N–H and O–H groups in total. The second-order valence-corrected chi connectivity index (χ2v) is 6.84. The van der Waals surface area contributed by atoms with Crippen molar-refractivity contribution < 1.29 is 18.8 Å². The Morgan fingerprint density at radius 1 is 1.04 bits per heavy atom. The number of benzene rings is 1. The largest absolute Gasteiger partial charge is 0.469 e. The molecule has 0 aliphatic carbocycles. The molecule has 0 aliphatic rings. The van der Waals surface area contributed by atoms with Crippen molar-refractivity contribution >= 4 is 34.2 Å². The zero-order valence-corrected chi connectivity index (χ0v) is 16.1. The van der Waals surface area contributed by atoms with Crippen molar-refractivity contribution in [3.05, 3.63) is 70.1 Å². The van der Waals surface area contributed by atoms with Crippen LogP contribution in [0.2, 0.25) is 0 Å². The number of furan rings is 1. The van der Waals surface area contributed by atoms with Crippen LogP contribution in [-0.4, -0.2) is 22.7 Å². The van der Waals surface area contributed by atoms with Crippen LogP contribution in [-0.2, 0) is 11.2 Å². The highest BCUT2D eigenvalue weighted by Crippen LogP contribution is 2.18. The van der Waals surface area contributed by atoms with Gasteiger partial charge in [-0.15, -0.1) is 11.3 Å². The Hall–Kier alpha value is -3.46. The maximum Gasteiger partial charge on any atom is 0.269 e. The molecule has 28 heavy (non-hydrogen) atoms. The lowest BCUT2D eigenvalue weighted by molar-refractivity contribution is -0.121. The van der Waals surface area contributed by atoms with E-state index in [2.05, 4.69) is 21.2 Å². The molecule has 1 aromatic carbocycles. The summed E-state index contributed by atoms with van der Waals surface area (Å²) in [5.41, 5.74) is 6.94. The van der Waals surface area contributed by atoms with E-state index in [0.717, 1.165) is 5.56 Å². The van der Waals surface area contributed by atoms with E-state index in [-0.39, 0.29) is 12.3 Å². The van der Waals surface area contributed by atoms with Gasteiger partial charge in [-0.1, -0.05) is 18.2 Å². The SMILES string of the molecule is Cc1ccccc1C(=O)NNC(=O)Cc1csc(NC(=O)c2ccoc2C)n1. The summed E-state index contributed by atoms with van der Waals surface area (Å²) in [6, 6.07) is 8.64. The third-order valence-corrected chi connectivity index (χ3v) is 4.73. The van der Waals surface area contributed by atoms with E-state index < -0.39 is 11.8 Å². The standard InChI is InChI=1S/C19H18N4O4S/c1-11-5-3-4-6-14(11)18(26)23-22-16(24)9-13-10-28-19(20-13)21-17(25)15-7-8-27-12(15)2/h3-8,10H,9H2,1-2H3,(H,22,24)(H,23,26)(H,20,21,25). The topological polar surface area (TPSA) is 113 Å². The molecule has 9 heteroatoms. The van der Waals surface area contributed by atoms with Gasteiger partial charge >= 0.3 is 0 Å². The first kappa shape index (κ1) is 19.3. The molecule has 3 amide bonds. The van der Waals surface area contributed by atoms with Crippen molar-refractivity contribution in [3.63, 3.8) is 0 Å². The van der Waals surface area contributed by atoms with E-state index in [0.29, 0.717) is 27.7 Å². The number of carbonyl (C=O) groups excluding carboxylic acids is 3. The third-order valence-electron chi connectivity index (χ3n) is 3.92. The highest BCUT2D eigenvalue weighted by Gasteiger charge is 2.15. The number of nitrogens with zero attached hydrogens (tertiary/aromatic N) is 1. The number of hydrazine groups is 1. The van der Waals surface area contributed by atoms with Crippen LogP contribution in [0.25, 0.3) is 0 Å². The number of aryl methyl sites for hydroxylation is 2. The minimum Gasteiger partial charge on any atom is -0.469 e. The second kappa shape index (κ2) is 8.49. The fourth-order valence-corrected chi connectivity index (χ4v) is 3.17. The molecule has 0 bridgehead atoms. The van der Waals surface area contributed by atoms with Crippen molar-refractivity contribution in [1.29, 1.82) is 0 Å². The zero-order valence-electron chi connectivity index (χ0n) is 15.2. The zero-order chi connectivity index (χ0) is 20.1. The fourth-order valence-electron chi connectivity index (χ4n) is 2.46. The average Bonchev–Trinajstić information content (AvgIpc) is 3.28. The maximum atomic E-state index is 12.1. The van der Waals surface area contributed by atoms with E-state index >= 15 is 0 Å². The van der Waals surface area contributed by atoms with Gasteiger partial charge in [-0.3, -0.25) is 30.6 Å². The highest BCUT2D eigenvalue weighted by molar-refractivity contribution is 7.14. The monoisotopic (exact) mass is 398 g/mol. The third kappa shape index (κ3) is 4.63. The van der Waals surface area contributed by atoms with Crippen molar-refractivity contribution in [1.82, 2.24) is 15.8 Å². The molecular formula is C19H18N4O4S. The molecule has 0 fully saturated rings. The summed E-state index contributed by atoms with van der Waals surface area (Å²) in [6.07, 6.45) is 1.40. The first-order valence-electron chi connectivity index (χ1n) is 8.38. The number of hydrogen-bond acceptors (Lipinski definition) is 6. The molecule has 2 aromatic heterocycles. The van der Waals surface area contributed by atoms with Gasteiger partial charge in [0.25, 0.3) is 11.8 Å². The van der Waals surface area contributed by atoms with Crippen molar-refractivity contribution in [2.24, 2.45) is 0 Å². The first-order valence-corrected chi connectivity index (χ1v) is 9.26. The lowest BCUT2D eigenvalue weighted by Gasteiger charge is -2.08. The Balaban J connectivity index is 1.51. The van der Waals surface area contributed by atoms with Gasteiger partial charge in [0.2, 0.25) is 5.91 Å². The smallest absolute Gasteiger partial charge is 0.269 e. The molecule has 3 aromatic rings. The summed E-state index contributed by atoms with van der Waals surface area (Å²) < 4.78 is 5.10. The minimum atomic E-state index is -0.421. The summed E-state index contributed by atoms with van der Waals surface area (Å²) in [5.74, 6) is -0.635. The van der Waals surface area contributed by atoms with Gasteiger partial charge < -0.3 is 4.42 Å². The second-order valence-electron chi connectivity index (χ2n) is 5.98. The average molecular weight is 398 g/mol. The summed E-state index contributed by atoms with van der Waals surface area (Å²) in [4.78, 5) is 40.5. The van der Waals surface area contributed by atoms with E-state index in [9.17, 15) is 14.4 Å². The van der Waals surface area contributed by atoms with Crippen molar-refractivity contribution in [2.45, 2.75) is 20.3 Å². The molecule has 0 spiro atoms. The lowest BCUT2D eigenvalue weighted by Crippen LogP contribution is -2.42. The maximum absolute atomic E-state index is 12.1. The summed E-state index contributed by atoms with van der Waals surface area (Å²) in [6.45, 7) is 3.50. The normalized spacial score (nSPS) is 10.4. The highest BCUT2D eigenvalue weighted by atomic mass is 32.1. The molecule has 3 rings (SSSR count). The molecule has 0 radical (unpaired) electrons. The summed E-state index contributed by atoms with van der Waals surface area (Å²) in [5, 5.41) is 4.70. The Bertz CT molecular complexity index is 1020. The predicted octanol–water partition coefficient (Wildman–Crippen LogP) is 2.61. The molecule has 0 atom stereocenters. The first-order chi connectivity index (χ1) is 13.4. The van der Waals surface area contributed by atoms with Crippen molar-refractivity contribution in [2.75, 3.05) is 5.32 Å². The van der Waals surface area contributed by atoms with E-state index in [1.807, 2.05) is 19.1 Å². The Morgan fingerprint density at radius 3 is 2.54 bits per heavy atom. The molecule has 8 nitrogen and oxygen atoms in total. The Morgan fingerprint density at radius 2 is 1.82 bits per heavy atom. The number of thiazole rings is 1. The van der Waals surface area contributed by atoms with Gasteiger partial charge in [-0.05, 0) is 31.5 Å². The van der Waals surface area contributed by atoms with Gasteiger partial charge in [0, 0.05) is 10.9 Å². The summed E-state index contributed by atoms with van der Waals surface area (Å²) >= 11 is 1.21. The minimum absolute atomic E-state index is 0.0365. The molecule has 0 aliphatic heterocycles. The Kier molecular flexibility index (Phi) is 5.85. The van der Waals surface area contributed by atoms with Crippen LogP contribution in [0.3, 0.4) is 0 Å². The van der Waals surface area contributed by atoms with Gasteiger partial charge in [0.15, 0.2) is 5.13 Å². The van der Waals surface area contributed by atoms with Crippen molar-refractivity contribution in [3.8, 4) is 0 Å². The molecule has 144 valence electrons. The molecular weight excluding hydrogens is 380 g/mol. The van der Waals surface area contributed by atoms with Crippen LogP contribution in [0.4, 0.5) is 5.13 Å². The van der Waals surface area contributed by atoms with E-state index in [1.54, 1.807) is 30.5 Å². The number of rotatable bonds is 5. The fraction of sp³-hybridized carbons (Fsp3) is 0.158. The number of aromatic nitrogens is 1. The number of hydrogen-bond donors (Lipinski definition) is 3. The number of amides is 3. The Labute approximate surface area is 164 Å².